The lowest BCUT2D eigenvalue weighted by Crippen LogP contribution is -2.14. The number of hydrogen-bond acceptors (Lipinski definition) is 3. The first-order valence-corrected chi connectivity index (χ1v) is 7.30. The molecule has 2 aromatic carbocycles. The Labute approximate surface area is 125 Å². The van der Waals surface area contributed by atoms with Crippen LogP contribution in [0.1, 0.15) is 18.4 Å². The lowest BCUT2D eigenvalue weighted by molar-refractivity contribution is 0.0515. The fraction of sp³-hybridized carbons (Fsp3) is 0.333. The average Bonchev–Trinajstić information content (AvgIpc) is 3.29. The van der Waals surface area contributed by atoms with Crippen molar-refractivity contribution >= 4 is 0 Å². The first kappa shape index (κ1) is 14.1. The number of ether oxygens (including phenoxy) is 2. The zero-order chi connectivity index (χ0) is 14.5. The lowest BCUT2D eigenvalue weighted by Gasteiger charge is -2.12. The Hall–Kier alpha value is -1.84. The molecule has 0 saturated heterocycles. The van der Waals surface area contributed by atoms with Crippen molar-refractivity contribution in [3.05, 3.63) is 60.2 Å². The van der Waals surface area contributed by atoms with E-state index in [0.717, 1.165) is 29.9 Å². The molecule has 21 heavy (non-hydrogen) atoms. The molecule has 0 aliphatic heterocycles. The lowest BCUT2D eigenvalue weighted by atomic mass is 10.1. The third kappa shape index (κ3) is 3.84. The van der Waals surface area contributed by atoms with E-state index in [9.17, 15) is 5.11 Å². The Morgan fingerprint density at radius 1 is 0.952 bits per heavy atom. The van der Waals surface area contributed by atoms with Gasteiger partial charge in [-0.2, -0.15) is 0 Å². The summed E-state index contributed by atoms with van der Waals surface area (Å²) in [5.74, 6) is 1.64. The third-order valence-corrected chi connectivity index (χ3v) is 3.85. The molecule has 0 unspecified atom stereocenters. The maximum atomic E-state index is 9.26. The standard InChI is InChI=1S/C18H20O3/c19-13-18(9-10-18)14-20-12-15-5-4-8-17(11-15)21-16-6-2-1-3-7-16/h1-8,11,19H,9-10,12-14H2. The summed E-state index contributed by atoms with van der Waals surface area (Å²) in [5.41, 5.74) is 1.12. The molecule has 3 heteroatoms. The van der Waals surface area contributed by atoms with Gasteiger partial charge in [0, 0.05) is 5.41 Å². The fourth-order valence-electron chi connectivity index (χ4n) is 2.23. The van der Waals surface area contributed by atoms with Gasteiger partial charge in [-0.3, -0.25) is 0 Å². The molecule has 1 aliphatic carbocycles. The van der Waals surface area contributed by atoms with Gasteiger partial charge in [-0.1, -0.05) is 30.3 Å². The number of aliphatic hydroxyl groups is 1. The molecule has 0 amide bonds. The van der Waals surface area contributed by atoms with Gasteiger partial charge in [-0.25, -0.2) is 0 Å². The van der Waals surface area contributed by atoms with Crippen molar-refractivity contribution in [3.8, 4) is 11.5 Å². The smallest absolute Gasteiger partial charge is 0.127 e. The zero-order valence-electron chi connectivity index (χ0n) is 12.0. The molecule has 1 N–H and O–H groups in total. The van der Waals surface area contributed by atoms with Gasteiger partial charge in [0.2, 0.25) is 0 Å². The molecule has 0 bridgehead atoms. The largest absolute Gasteiger partial charge is 0.457 e. The van der Waals surface area contributed by atoms with E-state index in [1.165, 1.54) is 0 Å². The summed E-state index contributed by atoms with van der Waals surface area (Å²) in [6.45, 7) is 1.41. The second-order valence-electron chi connectivity index (χ2n) is 5.71. The molecular formula is C18H20O3. The number of rotatable bonds is 7. The summed E-state index contributed by atoms with van der Waals surface area (Å²) in [7, 11) is 0. The monoisotopic (exact) mass is 284 g/mol. The molecule has 110 valence electrons. The first-order valence-electron chi connectivity index (χ1n) is 7.30. The van der Waals surface area contributed by atoms with Crippen LogP contribution in [0.2, 0.25) is 0 Å². The molecule has 3 rings (SSSR count). The Kier molecular flexibility index (Phi) is 4.23. The average molecular weight is 284 g/mol. The molecule has 0 heterocycles. The SMILES string of the molecule is OCC1(COCc2cccc(Oc3ccccc3)c2)CC1. The van der Waals surface area contributed by atoms with Crippen LogP contribution < -0.4 is 4.74 Å². The van der Waals surface area contributed by atoms with Crippen LogP contribution in [0.3, 0.4) is 0 Å². The maximum Gasteiger partial charge on any atom is 0.127 e. The highest BCUT2D eigenvalue weighted by Crippen LogP contribution is 2.45. The number of aliphatic hydroxyl groups excluding tert-OH is 1. The van der Waals surface area contributed by atoms with E-state index in [-0.39, 0.29) is 12.0 Å². The summed E-state index contributed by atoms with van der Waals surface area (Å²) in [5, 5.41) is 9.26. The molecule has 0 atom stereocenters. The third-order valence-electron chi connectivity index (χ3n) is 3.85. The van der Waals surface area contributed by atoms with E-state index in [4.69, 9.17) is 9.47 Å². The summed E-state index contributed by atoms with van der Waals surface area (Å²) in [6, 6.07) is 17.7. The molecule has 1 saturated carbocycles. The van der Waals surface area contributed by atoms with Crippen LogP contribution in [0, 0.1) is 5.41 Å². The van der Waals surface area contributed by atoms with Gasteiger partial charge in [0.05, 0.1) is 19.8 Å². The van der Waals surface area contributed by atoms with Crippen LogP contribution in [-0.4, -0.2) is 18.3 Å². The second-order valence-corrected chi connectivity index (χ2v) is 5.71. The summed E-state index contributed by atoms with van der Waals surface area (Å²) < 4.78 is 11.5. The zero-order valence-corrected chi connectivity index (χ0v) is 12.0. The normalized spacial score (nSPS) is 15.7. The van der Waals surface area contributed by atoms with Gasteiger partial charge < -0.3 is 14.6 Å². The molecule has 0 spiro atoms. The van der Waals surface area contributed by atoms with Gasteiger partial charge >= 0.3 is 0 Å². The number of para-hydroxylation sites is 1. The minimum atomic E-state index is 0.0398. The molecule has 1 fully saturated rings. The molecule has 0 aromatic heterocycles. The highest BCUT2D eigenvalue weighted by molar-refractivity contribution is 5.33. The number of hydrogen-bond donors (Lipinski definition) is 1. The maximum absolute atomic E-state index is 9.26. The van der Waals surface area contributed by atoms with E-state index in [1.54, 1.807) is 0 Å². The van der Waals surface area contributed by atoms with E-state index < -0.39 is 0 Å². The van der Waals surface area contributed by atoms with Crippen molar-refractivity contribution in [1.29, 1.82) is 0 Å². The van der Waals surface area contributed by atoms with Crippen molar-refractivity contribution < 1.29 is 14.6 Å². The minimum Gasteiger partial charge on any atom is -0.457 e. The van der Waals surface area contributed by atoms with Gasteiger partial charge in [-0.15, -0.1) is 0 Å². The van der Waals surface area contributed by atoms with Crippen molar-refractivity contribution in [2.75, 3.05) is 13.2 Å². The second kappa shape index (κ2) is 6.29. The van der Waals surface area contributed by atoms with Crippen molar-refractivity contribution in [1.82, 2.24) is 0 Å². The van der Waals surface area contributed by atoms with Crippen LogP contribution in [0.25, 0.3) is 0 Å². The van der Waals surface area contributed by atoms with E-state index >= 15 is 0 Å². The molecule has 0 radical (unpaired) electrons. The summed E-state index contributed by atoms with van der Waals surface area (Å²) in [6.07, 6.45) is 2.14. The first-order chi connectivity index (χ1) is 10.3. The highest BCUT2D eigenvalue weighted by Gasteiger charge is 2.42. The Balaban J connectivity index is 1.56. The van der Waals surface area contributed by atoms with Gasteiger partial charge in [0.25, 0.3) is 0 Å². The Bertz CT molecular complexity index is 576. The van der Waals surface area contributed by atoms with E-state index in [2.05, 4.69) is 0 Å². The predicted octanol–water partition coefficient (Wildman–Crippen LogP) is 3.77. The quantitative estimate of drug-likeness (QED) is 0.841. The summed E-state index contributed by atoms with van der Waals surface area (Å²) >= 11 is 0. The van der Waals surface area contributed by atoms with Crippen LogP contribution in [0.4, 0.5) is 0 Å². The Morgan fingerprint density at radius 3 is 2.43 bits per heavy atom. The van der Waals surface area contributed by atoms with Crippen molar-refractivity contribution in [3.63, 3.8) is 0 Å². The van der Waals surface area contributed by atoms with E-state index in [0.29, 0.717) is 13.2 Å². The summed E-state index contributed by atoms with van der Waals surface area (Å²) in [4.78, 5) is 0. The molecular weight excluding hydrogens is 264 g/mol. The van der Waals surface area contributed by atoms with Gasteiger partial charge in [0.15, 0.2) is 0 Å². The van der Waals surface area contributed by atoms with Crippen molar-refractivity contribution in [2.24, 2.45) is 5.41 Å². The Morgan fingerprint density at radius 2 is 1.71 bits per heavy atom. The molecule has 3 nitrogen and oxygen atoms in total. The van der Waals surface area contributed by atoms with Gasteiger partial charge in [0.1, 0.15) is 11.5 Å². The van der Waals surface area contributed by atoms with Gasteiger partial charge in [-0.05, 0) is 42.7 Å². The fourth-order valence-corrected chi connectivity index (χ4v) is 2.23. The van der Waals surface area contributed by atoms with Crippen LogP contribution in [0.5, 0.6) is 11.5 Å². The van der Waals surface area contributed by atoms with Crippen molar-refractivity contribution in [2.45, 2.75) is 19.4 Å². The van der Waals surface area contributed by atoms with Crippen LogP contribution in [-0.2, 0) is 11.3 Å². The van der Waals surface area contributed by atoms with E-state index in [1.807, 2.05) is 54.6 Å². The molecule has 2 aromatic rings. The van der Waals surface area contributed by atoms with Crippen LogP contribution in [0.15, 0.2) is 54.6 Å². The predicted molar refractivity (Wildman–Crippen MR) is 81.4 cm³/mol. The topological polar surface area (TPSA) is 38.7 Å². The minimum absolute atomic E-state index is 0.0398. The molecule has 1 aliphatic rings. The number of benzene rings is 2. The highest BCUT2D eigenvalue weighted by atomic mass is 16.5. The van der Waals surface area contributed by atoms with Crippen LogP contribution >= 0.6 is 0 Å².